The van der Waals surface area contributed by atoms with Crippen molar-refractivity contribution >= 4 is 31.9 Å². The number of ether oxygens (including phenoxy) is 2. The monoisotopic (exact) mass is 368 g/mol. The summed E-state index contributed by atoms with van der Waals surface area (Å²) >= 11 is 6.93. The van der Waals surface area contributed by atoms with E-state index in [4.69, 9.17) is 9.47 Å². The van der Waals surface area contributed by atoms with Crippen LogP contribution in [-0.2, 0) is 5.79 Å². The number of benzene rings is 2. The molecule has 0 bridgehead atoms. The van der Waals surface area contributed by atoms with Gasteiger partial charge in [0.05, 0.1) is 4.47 Å². The molecule has 0 aliphatic carbocycles. The first-order chi connectivity index (χ1) is 8.58. The highest BCUT2D eigenvalue weighted by molar-refractivity contribution is 9.11. The highest BCUT2D eigenvalue weighted by atomic mass is 79.9. The fourth-order valence-electron chi connectivity index (χ4n) is 2.00. The molecule has 3 rings (SSSR count). The Labute approximate surface area is 122 Å². The Bertz CT molecular complexity index is 598. The largest absolute Gasteiger partial charge is 0.444 e. The summed E-state index contributed by atoms with van der Waals surface area (Å²) in [6.45, 7) is 1.92. The van der Waals surface area contributed by atoms with Gasteiger partial charge in [-0.1, -0.05) is 46.3 Å². The predicted octanol–water partition coefficient (Wildman–Crippen LogP) is 4.86. The summed E-state index contributed by atoms with van der Waals surface area (Å²) in [5, 5.41) is 0. The van der Waals surface area contributed by atoms with Crippen molar-refractivity contribution in [2.75, 3.05) is 0 Å². The third kappa shape index (κ3) is 1.93. The second-order valence-electron chi connectivity index (χ2n) is 4.23. The normalized spacial score (nSPS) is 21.1. The molecular weight excluding hydrogens is 360 g/mol. The molecule has 4 heteroatoms. The molecule has 1 atom stereocenters. The van der Waals surface area contributed by atoms with Gasteiger partial charge in [0, 0.05) is 17.0 Å². The molecule has 0 saturated heterocycles. The van der Waals surface area contributed by atoms with E-state index in [9.17, 15) is 0 Å². The summed E-state index contributed by atoms with van der Waals surface area (Å²) in [6, 6.07) is 13.8. The topological polar surface area (TPSA) is 18.5 Å². The Morgan fingerprint density at radius 1 is 1.00 bits per heavy atom. The number of hydrogen-bond donors (Lipinski definition) is 0. The molecule has 1 aliphatic heterocycles. The summed E-state index contributed by atoms with van der Waals surface area (Å²) < 4.78 is 13.8. The molecule has 0 fully saturated rings. The van der Waals surface area contributed by atoms with Crippen LogP contribution < -0.4 is 9.47 Å². The molecular formula is C14H10Br2O2. The van der Waals surface area contributed by atoms with E-state index >= 15 is 0 Å². The summed E-state index contributed by atoms with van der Waals surface area (Å²) in [7, 11) is 0. The van der Waals surface area contributed by atoms with Crippen LogP contribution in [0.2, 0.25) is 0 Å². The van der Waals surface area contributed by atoms with E-state index in [2.05, 4.69) is 31.9 Å². The van der Waals surface area contributed by atoms with E-state index in [-0.39, 0.29) is 0 Å². The van der Waals surface area contributed by atoms with Crippen molar-refractivity contribution in [2.45, 2.75) is 12.7 Å². The molecule has 0 aromatic heterocycles. The Morgan fingerprint density at radius 2 is 1.72 bits per heavy atom. The van der Waals surface area contributed by atoms with Gasteiger partial charge < -0.3 is 9.47 Å². The van der Waals surface area contributed by atoms with E-state index in [0.29, 0.717) is 0 Å². The zero-order valence-electron chi connectivity index (χ0n) is 9.61. The Kier molecular flexibility index (Phi) is 2.87. The smallest absolute Gasteiger partial charge is 0.275 e. The minimum Gasteiger partial charge on any atom is -0.444 e. The highest BCUT2D eigenvalue weighted by Gasteiger charge is 2.39. The third-order valence-electron chi connectivity index (χ3n) is 2.87. The molecule has 2 aromatic carbocycles. The van der Waals surface area contributed by atoms with E-state index < -0.39 is 5.79 Å². The SMILES string of the molecule is CC1(c2ccccc2)Oc2cc(Br)cc(Br)c2O1. The number of hydrogen-bond acceptors (Lipinski definition) is 2. The van der Waals surface area contributed by atoms with E-state index in [0.717, 1.165) is 26.0 Å². The maximum Gasteiger partial charge on any atom is 0.275 e. The van der Waals surface area contributed by atoms with Gasteiger partial charge in [0.15, 0.2) is 11.5 Å². The van der Waals surface area contributed by atoms with Crippen molar-refractivity contribution in [3.05, 3.63) is 57.0 Å². The van der Waals surface area contributed by atoms with Crippen LogP contribution in [0, 0.1) is 0 Å². The minimum absolute atomic E-state index is 0.739. The van der Waals surface area contributed by atoms with Crippen LogP contribution in [0.3, 0.4) is 0 Å². The zero-order chi connectivity index (χ0) is 12.8. The first-order valence-corrected chi connectivity index (χ1v) is 7.10. The van der Waals surface area contributed by atoms with Crippen molar-refractivity contribution < 1.29 is 9.47 Å². The van der Waals surface area contributed by atoms with Crippen LogP contribution in [0.4, 0.5) is 0 Å². The van der Waals surface area contributed by atoms with Gasteiger partial charge in [0.25, 0.3) is 5.79 Å². The van der Waals surface area contributed by atoms with Gasteiger partial charge in [0.2, 0.25) is 0 Å². The molecule has 92 valence electrons. The molecule has 0 N–H and O–H groups in total. The highest BCUT2D eigenvalue weighted by Crippen LogP contribution is 2.49. The number of halogens is 2. The van der Waals surface area contributed by atoms with Crippen LogP contribution in [-0.4, -0.2) is 0 Å². The Balaban J connectivity index is 2.05. The first kappa shape index (κ1) is 12.1. The minimum atomic E-state index is -0.771. The standard InChI is InChI=1S/C14H10Br2O2/c1-14(9-5-3-2-4-6-9)17-12-8-10(15)7-11(16)13(12)18-14/h2-8H,1H3. The van der Waals surface area contributed by atoms with Gasteiger partial charge in [-0.15, -0.1) is 0 Å². The molecule has 1 aliphatic rings. The van der Waals surface area contributed by atoms with E-state index in [1.165, 1.54) is 0 Å². The Hall–Kier alpha value is -1.000. The summed E-state index contributed by atoms with van der Waals surface area (Å²) in [5.74, 6) is 0.708. The van der Waals surface area contributed by atoms with Crippen LogP contribution in [0.15, 0.2) is 51.4 Å². The summed E-state index contributed by atoms with van der Waals surface area (Å²) in [5.41, 5.74) is 0.990. The number of fused-ring (bicyclic) bond motifs is 1. The van der Waals surface area contributed by atoms with Gasteiger partial charge >= 0.3 is 0 Å². The molecule has 0 radical (unpaired) electrons. The second-order valence-corrected chi connectivity index (χ2v) is 6.00. The van der Waals surface area contributed by atoms with Crippen molar-refractivity contribution in [1.82, 2.24) is 0 Å². The van der Waals surface area contributed by atoms with Crippen molar-refractivity contribution in [3.8, 4) is 11.5 Å². The van der Waals surface area contributed by atoms with Crippen LogP contribution in [0.5, 0.6) is 11.5 Å². The molecule has 18 heavy (non-hydrogen) atoms. The molecule has 2 nitrogen and oxygen atoms in total. The lowest BCUT2D eigenvalue weighted by Crippen LogP contribution is -2.31. The van der Waals surface area contributed by atoms with E-state index in [1.54, 1.807) is 0 Å². The summed E-state index contributed by atoms with van der Waals surface area (Å²) in [6.07, 6.45) is 0. The van der Waals surface area contributed by atoms with Gasteiger partial charge in [-0.25, -0.2) is 0 Å². The Morgan fingerprint density at radius 3 is 2.44 bits per heavy atom. The maximum absolute atomic E-state index is 5.98. The fourth-order valence-corrected chi connectivity index (χ4v) is 3.26. The van der Waals surface area contributed by atoms with Crippen molar-refractivity contribution in [1.29, 1.82) is 0 Å². The lowest BCUT2D eigenvalue weighted by atomic mass is 10.1. The quantitative estimate of drug-likeness (QED) is 0.714. The lowest BCUT2D eigenvalue weighted by molar-refractivity contribution is -0.0683. The average Bonchev–Trinajstić information content (AvgIpc) is 2.69. The fraction of sp³-hybridized carbons (Fsp3) is 0.143. The molecule has 1 heterocycles. The van der Waals surface area contributed by atoms with E-state index in [1.807, 2.05) is 49.4 Å². The zero-order valence-corrected chi connectivity index (χ0v) is 12.8. The summed E-state index contributed by atoms with van der Waals surface area (Å²) in [4.78, 5) is 0. The number of rotatable bonds is 1. The van der Waals surface area contributed by atoms with Gasteiger partial charge in [0.1, 0.15) is 0 Å². The van der Waals surface area contributed by atoms with Gasteiger partial charge in [-0.2, -0.15) is 0 Å². The molecule has 0 amide bonds. The second kappa shape index (κ2) is 4.28. The van der Waals surface area contributed by atoms with Crippen LogP contribution in [0.1, 0.15) is 12.5 Å². The average molecular weight is 370 g/mol. The van der Waals surface area contributed by atoms with Gasteiger partial charge in [-0.05, 0) is 28.1 Å². The molecule has 1 unspecified atom stereocenters. The lowest BCUT2D eigenvalue weighted by Gasteiger charge is -2.23. The predicted molar refractivity (Wildman–Crippen MR) is 76.9 cm³/mol. The first-order valence-electron chi connectivity index (χ1n) is 5.51. The molecule has 0 saturated carbocycles. The van der Waals surface area contributed by atoms with Crippen molar-refractivity contribution in [3.63, 3.8) is 0 Å². The third-order valence-corrected chi connectivity index (χ3v) is 3.92. The van der Waals surface area contributed by atoms with Gasteiger partial charge in [-0.3, -0.25) is 0 Å². The van der Waals surface area contributed by atoms with Crippen LogP contribution >= 0.6 is 31.9 Å². The molecule has 0 spiro atoms. The maximum atomic E-state index is 5.98. The van der Waals surface area contributed by atoms with Crippen LogP contribution in [0.25, 0.3) is 0 Å². The van der Waals surface area contributed by atoms with Crippen molar-refractivity contribution in [2.24, 2.45) is 0 Å². The molecule has 2 aromatic rings.